The number of hydrogen-bond donors (Lipinski definition) is 1. The number of aryl methyl sites for hydroxylation is 1. The molecule has 1 aromatic carbocycles. The second kappa shape index (κ2) is 4.63. The van der Waals surface area contributed by atoms with E-state index in [2.05, 4.69) is 15.5 Å². The van der Waals surface area contributed by atoms with Gasteiger partial charge < -0.3 is 9.84 Å². The van der Waals surface area contributed by atoms with Gasteiger partial charge in [-0.2, -0.15) is 4.98 Å². The summed E-state index contributed by atoms with van der Waals surface area (Å²) in [5, 5.41) is 7.41. The van der Waals surface area contributed by atoms with Crippen LogP contribution in [0.5, 0.6) is 0 Å². The van der Waals surface area contributed by atoms with Gasteiger partial charge in [-0.25, -0.2) is 4.39 Å². The zero-order valence-electron chi connectivity index (χ0n) is 12.0. The average Bonchev–Trinajstić information content (AvgIpc) is 2.98. The third-order valence-corrected chi connectivity index (χ3v) is 4.96. The Balaban J connectivity index is 1.57. The minimum absolute atomic E-state index is 0.236. The molecule has 2 fully saturated rings. The average molecular weight is 287 g/mol. The maximum Gasteiger partial charge on any atom is 0.230 e. The first-order valence-electron chi connectivity index (χ1n) is 7.49. The van der Waals surface area contributed by atoms with Crippen LogP contribution in [0.25, 0.3) is 11.4 Å². The van der Waals surface area contributed by atoms with Crippen molar-refractivity contribution in [3.8, 4) is 11.4 Å². The lowest BCUT2D eigenvalue weighted by Gasteiger charge is -2.22. The second-order valence-electron chi connectivity index (χ2n) is 6.29. The number of nitrogens with one attached hydrogen (secondary N) is 1. The molecule has 0 bridgehead atoms. The van der Waals surface area contributed by atoms with Gasteiger partial charge in [0.15, 0.2) is 0 Å². The molecule has 1 atom stereocenters. The van der Waals surface area contributed by atoms with Gasteiger partial charge in [0.05, 0.1) is 0 Å². The molecule has 1 aliphatic carbocycles. The first kappa shape index (κ1) is 13.0. The lowest BCUT2D eigenvalue weighted by atomic mass is 9.92. The van der Waals surface area contributed by atoms with Gasteiger partial charge in [0.25, 0.3) is 0 Å². The van der Waals surface area contributed by atoms with E-state index in [9.17, 15) is 4.39 Å². The van der Waals surface area contributed by atoms with Crippen molar-refractivity contribution in [1.82, 2.24) is 15.5 Å². The monoisotopic (exact) mass is 287 g/mol. The smallest absolute Gasteiger partial charge is 0.230 e. The summed E-state index contributed by atoms with van der Waals surface area (Å²) in [5.74, 6) is 1.35. The van der Waals surface area contributed by atoms with Crippen LogP contribution in [0.4, 0.5) is 4.39 Å². The number of halogens is 1. The molecule has 1 saturated heterocycles. The molecule has 0 radical (unpaired) electrons. The van der Waals surface area contributed by atoms with Crippen molar-refractivity contribution in [3.05, 3.63) is 35.5 Å². The van der Waals surface area contributed by atoms with Crippen LogP contribution in [0.3, 0.4) is 0 Å². The summed E-state index contributed by atoms with van der Waals surface area (Å²) < 4.78 is 19.1. The van der Waals surface area contributed by atoms with Crippen molar-refractivity contribution in [2.75, 3.05) is 13.1 Å². The van der Waals surface area contributed by atoms with Crippen molar-refractivity contribution in [2.24, 2.45) is 5.41 Å². The number of rotatable bonds is 2. The predicted molar refractivity (Wildman–Crippen MR) is 76.3 cm³/mol. The molecule has 2 heterocycles. The van der Waals surface area contributed by atoms with Crippen LogP contribution in [-0.2, 0) is 0 Å². The molecule has 2 aromatic rings. The highest BCUT2D eigenvalue weighted by molar-refractivity contribution is 5.55. The Morgan fingerprint density at radius 2 is 2.14 bits per heavy atom. The fourth-order valence-electron chi connectivity index (χ4n) is 3.40. The molecule has 1 unspecified atom stereocenters. The normalized spacial score (nSPS) is 23.4. The van der Waals surface area contributed by atoms with Gasteiger partial charge in [0.2, 0.25) is 11.7 Å². The highest BCUT2D eigenvalue weighted by atomic mass is 19.1. The Labute approximate surface area is 122 Å². The van der Waals surface area contributed by atoms with Gasteiger partial charge in [-0.1, -0.05) is 17.3 Å². The summed E-state index contributed by atoms with van der Waals surface area (Å²) in [6, 6.07) is 5.05. The highest BCUT2D eigenvalue weighted by Crippen LogP contribution is 2.63. The van der Waals surface area contributed by atoms with Gasteiger partial charge in [-0.05, 0) is 56.3 Å². The molecule has 0 amide bonds. The van der Waals surface area contributed by atoms with Crippen LogP contribution in [-0.4, -0.2) is 23.2 Å². The van der Waals surface area contributed by atoms with Gasteiger partial charge in [-0.3, -0.25) is 0 Å². The van der Waals surface area contributed by atoms with Crippen molar-refractivity contribution >= 4 is 0 Å². The van der Waals surface area contributed by atoms with Crippen molar-refractivity contribution in [2.45, 2.75) is 32.1 Å². The molecule has 4 nitrogen and oxygen atoms in total. The summed E-state index contributed by atoms with van der Waals surface area (Å²) >= 11 is 0. The number of nitrogens with zero attached hydrogens (tertiary/aromatic N) is 2. The molecular weight excluding hydrogens is 269 g/mol. The van der Waals surface area contributed by atoms with Crippen LogP contribution >= 0.6 is 0 Å². The fourth-order valence-corrected chi connectivity index (χ4v) is 3.40. The first-order valence-corrected chi connectivity index (χ1v) is 7.49. The van der Waals surface area contributed by atoms with Gasteiger partial charge in [-0.15, -0.1) is 0 Å². The summed E-state index contributed by atoms with van der Waals surface area (Å²) in [5.41, 5.74) is 1.67. The maximum absolute atomic E-state index is 13.6. The summed E-state index contributed by atoms with van der Waals surface area (Å²) in [6.45, 7) is 3.88. The van der Waals surface area contributed by atoms with E-state index in [1.807, 2.05) is 6.07 Å². The van der Waals surface area contributed by atoms with Gasteiger partial charge in [0.1, 0.15) is 5.82 Å². The first-order chi connectivity index (χ1) is 10.2. The Bertz CT molecular complexity index is 676. The van der Waals surface area contributed by atoms with E-state index in [4.69, 9.17) is 4.52 Å². The Morgan fingerprint density at radius 1 is 1.33 bits per heavy atom. The van der Waals surface area contributed by atoms with E-state index in [0.717, 1.165) is 19.5 Å². The highest BCUT2D eigenvalue weighted by Gasteiger charge is 2.57. The zero-order valence-corrected chi connectivity index (χ0v) is 12.0. The van der Waals surface area contributed by atoms with Crippen molar-refractivity contribution < 1.29 is 8.91 Å². The minimum Gasteiger partial charge on any atom is -0.339 e. The molecule has 5 heteroatoms. The lowest BCUT2D eigenvalue weighted by molar-refractivity contribution is 0.311. The Hall–Kier alpha value is -1.75. The van der Waals surface area contributed by atoms with Crippen molar-refractivity contribution in [3.63, 3.8) is 0 Å². The van der Waals surface area contributed by atoms with Crippen molar-refractivity contribution in [1.29, 1.82) is 0 Å². The van der Waals surface area contributed by atoms with E-state index in [-0.39, 0.29) is 5.82 Å². The predicted octanol–water partition coefficient (Wildman–Crippen LogP) is 3.04. The molecule has 4 rings (SSSR count). The van der Waals surface area contributed by atoms with Gasteiger partial charge in [0, 0.05) is 11.5 Å². The summed E-state index contributed by atoms with van der Waals surface area (Å²) in [6.07, 6.45) is 3.49. The van der Waals surface area contributed by atoms with E-state index < -0.39 is 0 Å². The van der Waals surface area contributed by atoms with Crippen LogP contribution in [0.1, 0.15) is 36.6 Å². The number of aromatic nitrogens is 2. The third-order valence-electron chi connectivity index (χ3n) is 4.96. The fraction of sp³-hybridized carbons (Fsp3) is 0.500. The third kappa shape index (κ3) is 2.16. The SMILES string of the molecule is Cc1ccc(-c2noc(C3CC34CCNCC4)n2)cc1F. The molecule has 2 aliphatic rings. The van der Waals surface area contributed by atoms with E-state index >= 15 is 0 Å². The number of hydrogen-bond acceptors (Lipinski definition) is 4. The standard InChI is InChI=1S/C16H18FN3O/c1-10-2-3-11(8-13(10)17)14-19-15(21-20-14)12-9-16(12)4-6-18-7-5-16/h2-3,8,12,18H,4-7,9H2,1H3. The number of benzene rings is 1. The van der Waals surface area contributed by atoms with Gasteiger partial charge >= 0.3 is 0 Å². The maximum atomic E-state index is 13.6. The van der Waals surface area contributed by atoms with E-state index in [1.54, 1.807) is 13.0 Å². The molecule has 1 aliphatic heterocycles. The topological polar surface area (TPSA) is 51.0 Å². The van der Waals surface area contributed by atoms with E-state index in [0.29, 0.717) is 34.2 Å². The van der Waals surface area contributed by atoms with Crippen LogP contribution in [0, 0.1) is 18.2 Å². The summed E-state index contributed by atoms with van der Waals surface area (Å²) in [7, 11) is 0. The molecule has 1 spiro atoms. The zero-order chi connectivity index (χ0) is 14.4. The lowest BCUT2D eigenvalue weighted by Crippen LogP contribution is -2.29. The van der Waals surface area contributed by atoms with Crippen LogP contribution in [0.2, 0.25) is 0 Å². The molecule has 1 N–H and O–H groups in total. The second-order valence-corrected chi connectivity index (χ2v) is 6.29. The number of piperidine rings is 1. The molecule has 1 aromatic heterocycles. The molecular formula is C16H18FN3O. The summed E-state index contributed by atoms with van der Waals surface area (Å²) in [4.78, 5) is 4.50. The largest absolute Gasteiger partial charge is 0.339 e. The minimum atomic E-state index is -0.236. The van der Waals surface area contributed by atoms with Crippen LogP contribution in [0.15, 0.2) is 22.7 Å². The quantitative estimate of drug-likeness (QED) is 0.922. The Morgan fingerprint density at radius 3 is 2.90 bits per heavy atom. The van der Waals surface area contributed by atoms with Crippen LogP contribution < -0.4 is 5.32 Å². The van der Waals surface area contributed by atoms with E-state index in [1.165, 1.54) is 18.9 Å². The molecule has 1 saturated carbocycles. The molecule has 110 valence electrons. The molecule has 21 heavy (non-hydrogen) atoms. The Kier molecular flexibility index (Phi) is 2.85.